The fourth-order valence-corrected chi connectivity index (χ4v) is 2.57. The number of rotatable bonds is 2. The van der Waals surface area contributed by atoms with Crippen molar-refractivity contribution in [1.29, 1.82) is 0 Å². The van der Waals surface area contributed by atoms with Crippen LogP contribution in [0.5, 0.6) is 0 Å². The summed E-state index contributed by atoms with van der Waals surface area (Å²) in [6, 6.07) is -0.162. The first-order valence-electron chi connectivity index (χ1n) is 4.49. The summed E-state index contributed by atoms with van der Waals surface area (Å²) in [5.41, 5.74) is 0. The molecule has 1 saturated heterocycles. The van der Waals surface area contributed by atoms with E-state index in [-0.39, 0.29) is 16.7 Å². The smallest absolute Gasteiger partial charge is 0.236 e. The van der Waals surface area contributed by atoms with Gasteiger partial charge in [0.05, 0.1) is 10.8 Å². The van der Waals surface area contributed by atoms with Gasteiger partial charge < -0.3 is 5.32 Å². The van der Waals surface area contributed by atoms with Crippen LogP contribution in [0.1, 0.15) is 26.7 Å². The van der Waals surface area contributed by atoms with Gasteiger partial charge in [0.1, 0.15) is 0 Å². The van der Waals surface area contributed by atoms with Gasteiger partial charge in [0.15, 0.2) is 0 Å². The summed E-state index contributed by atoms with van der Waals surface area (Å²) in [5.74, 6) is 3.66. The summed E-state index contributed by atoms with van der Waals surface area (Å²) in [6.07, 6.45) is 7.27. The number of amides is 1. The largest absolute Gasteiger partial charge is 0.342 e. The SMILES string of the molecule is C#CC(C)NC(=O)C1(C)CCCS1. The highest BCUT2D eigenvalue weighted by atomic mass is 32.2. The zero-order chi connectivity index (χ0) is 9.90. The maximum absolute atomic E-state index is 11.7. The van der Waals surface area contributed by atoms with Crippen molar-refractivity contribution in [2.75, 3.05) is 5.75 Å². The maximum Gasteiger partial charge on any atom is 0.236 e. The number of hydrogen-bond acceptors (Lipinski definition) is 2. The zero-order valence-corrected chi connectivity index (χ0v) is 8.91. The van der Waals surface area contributed by atoms with Gasteiger partial charge in [-0.3, -0.25) is 4.79 Å². The molecule has 3 heteroatoms. The highest BCUT2D eigenvalue weighted by Crippen LogP contribution is 2.37. The second-order valence-electron chi connectivity index (χ2n) is 3.54. The molecule has 0 spiro atoms. The van der Waals surface area contributed by atoms with Gasteiger partial charge in [-0.25, -0.2) is 0 Å². The molecule has 1 rings (SSSR count). The second-order valence-corrected chi connectivity index (χ2v) is 5.14. The highest BCUT2D eigenvalue weighted by Gasteiger charge is 2.37. The summed E-state index contributed by atoms with van der Waals surface area (Å²) in [7, 11) is 0. The highest BCUT2D eigenvalue weighted by molar-refractivity contribution is 8.01. The molecule has 1 aliphatic rings. The van der Waals surface area contributed by atoms with E-state index in [4.69, 9.17) is 6.42 Å². The molecule has 1 N–H and O–H groups in total. The van der Waals surface area contributed by atoms with Crippen LogP contribution in [0.4, 0.5) is 0 Å². The molecule has 72 valence electrons. The number of carbonyl (C=O) groups excluding carboxylic acids is 1. The summed E-state index contributed by atoms with van der Waals surface area (Å²) in [5, 5.41) is 2.82. The van der Waals surface area contributed by atoms with Gasteiger partial charge in [0.2, 0.25) is 5.91 Å². The maximum atomic E-state index is 11.7. The molecule has 13 heavy (non-hydrogen) atoms. The Morgan fingerprint density at radius 1 is 1.77 bits per heavy atom. The molecule has 2 atom stereocenters. The van der Waals surface area contributed by atoms with Crippen LogP contribution in [0.15, 0.2) is 0 Å². The van der Waals surface area contributed by atoms with Crippen molar-refractivity contribution >= 4 is 17.7 Å². The Morgan fingerprint density at radius 2 is 2.46 bits per heavy atom. The molecule has 1 fully saturated rings. The van der Waals surface area contributed by atoms with Crippen molar-refractivity contribution in [2.45, 2.75) is 37.5 Å². The molecule has 1 heterocycles. The third-order valence-corrected chi connectivity index (χ3v) is 3.82. The predicted molar refractivity (Wildman–Crippen MR) is 56.5 cm³/mol. The van der Waals surface area contributed by atoms with Crippen LogP contribution in [0.25, 0.3) is 0 Å². The number of hydrogen-bond donors (Lipinski definition) is 1. The Hall–Kier alpha value is -0.620. The van der Waals surface area contributed by atoms with Crippen molar-refractivity contribution in [3.8, 4) is 12.3 Å². The standard InChI is InChI=1S/C10H15NOS/c1-4-8(2)11-9(12)10(3)6-5-7-13-10/h1,8H,5-7H2,2-3H3,(H,11,12). The lowest BCUT2D eigenvalue weighted by Gasteiger charge is -2.22. The van der Waals surface area contributed by atoms with E-state index in [9.17, 15) is 4.79 Å². The molecule has 0 aliphatic carbocycles. The minimum atomic E-state index is -0.245. The van der Waals surface area contributed by atoms with Gasteiger partial charge >= 0.3 is 0 Å². The fraction of sp³-hybridized carbons (Fsp3) is 0.700. The zero-order valence-electron chi connectivity index (χ0n) is 8.09. The van der Waals surface area contributed by atoms with Gasteiger partial charge in [0, 0.05) is 0 Å². The topological polar surface area (TPSA) is 29.1 Å². The van der Waals surface area contributed by atoms with Crippen molar-refractivity contribution in [2.24, 2.45) is 0 Å². The van der Waals surface area contributed by atoms with Crippen molar-refractivity contribution in [1.82, 2.24) is 5.32 Å². The van der Waals surface area contributed by atoms with Gasteiger partial charge in [-0.15, -0.1) is 18.2 Å². The minimum absolute atomic E-state index is 0.0838. The Morgan fingerprint density at radius 3 is 2.92 bits per heavy atom. The number of thioether (sulfide) groups is 1. The van der Waals surface area contributed by atoms with Crippen LogP contribution in [-0.2, 0) is 4.79 Å². The Kier molecular flexibility index (Phi) is 3.27. The van der Waals surface area contributed by atoms with Gasteiger partial charge in [-0.1, -0.05) is 5.92 Å². The van der Waals surface area contributed by atoms with Crippen LogP contribution < -0.4 is 5.32 Å². The lowest BCUT2D eigenvalue weighted by atomic mass is 10.0. The summed E-state index contributed by atoms with van der Waals surface area (Å²) < 4.78 is -0.245. The summed E-state index contributed by atoms with van der Waals surface area (Å²) in [4.78, 5) is 11.7. The lowest BCUT2D eigenvalue weighted by molar-refractivity contribution is -0.123. The molecule has 0 radical (unpaired) electrons. The van der Waals surface area contributed by atoms with E-state index >= 15 is 0 Å². The molecule has 1 amide bonds. The fourth-order valence-electron chi connectivity index (χ4n) is 1.35. The Balaban J connectivity index is 2.52. The number of terminal acetylenes is 1. The monoisotopic (exact) mass is 197 g/mol. The molecule has 0 saturated carbocycles. The van der Waals surface area contributed by atoms with E-state index < -0.39 is 0 Å². The molecular formula is C10H15NOS. The number of carbonyl (C=O) groups is 1. The molecule has 0 aromatic rings. The normalized spacial score (nSPS) is 29.3. The summed E-state index contributed by atoms with van der Waals surface area (Å²) in [6.45, 7) is 3.81. The summed E-state index contributed by atoms with van der Waals surface area (Å²) >= 11 is 1.72. The van der Waals surface area contributed by atoms with E-state index in [1.807, 2.05) is 13.8 Å². The van der Waals surface area contributed by atoms with E-state index in [0.717, 1.165) is 18.6 Å². The van der Waals surface area contributed by atoms with Crippen LogP contribution >= 0.6 is 11.8 Å². The Labute approximate surface area is 83.9 Å². The average molecular weight is 197 g/mol. The molecule has 0 bridgehead atoms. The van der Waals surface area contributed by atoms with Crippen molar-refractivity contribution in [3.63, 3.8) is 0 Å². The van der Waals surface area contributed by atoms with Crippen LogP contribution in [0, 0.1) is 12.3 Å². The quantitative estimate of drug-likeness (QED) is 0.678. The minimum Gasteiger partial charge on any atom is -0.342 e. The lowest BCUT2D eigenvalue weighted by Crippen LogP contribution is -2.43. The first-order valence-corrected chi connectivity index (χ1v) is 5.48. The van der Waals surface area contributed by atoms with Gasteiger partial charge in [-0.05, 0) is 32.4 Å². The van der Waals surface area contributed by atoms with Crippen molar-refractivity contribution in [3.05, 3.63) is 0 Å². The van der Waals surface area contributed by atoms with Gasteiger partial charge in [-0.2, -0.15) is 0 Å². The number of nitrogens with one attached hydrogen (secondary N) is 1. The van der Waals surface area contributed by atoms with E-state index in [2.05, 4.69) is 11.2 Å². The molecular weight excluding hydrogens is 182 g/mol. The Bertz CT molecular complexity index is 238. The average Bonchev–Trinajstić information content (AvgIpc) is 2.53. The predicted octanol–water partition coefficient (Wildman–Crippen LogP) is 1.41. The third-order valence-electron chi connectivity index (χ3n) is 2.30. The molecule has 1 aliphatic heterocycles. The molecule has 2 unspecified atom stereocenters. The molecule has 2 nitrogen and oxygen atoms in total. The van der Waals surface area contributed by atoms with E-state index in [1.165, 1.54) is 0 Å². The second kappa shape index (κ2) is 4.06. The van der Waals surface area contributed by atoms with Crippen molar-refractivity contribution < 1.29 is 4.79 Å². The van der Waals surface area contributed by atoms with Crippen LogP contribution in [-0.4, -0.2) is 22.4 Å². The third kappa shape index (κ3) is 2.41. The molecule has 0 aromatic carbocycles. The van der Waals surface area contributed by atoms with Gasteiger partial charge in [0.25, 0.3) is 0 Å². The first kappa shape index (κ1) is 10.5. The molecule has 0 aromatic heterocycles. The van der Waals surface area contributed by atoms with Crippen LogP contribution in [0.2, 0.25) is 0 Å². The van der Waals surface area contributed by atoms with E-state index in [1.54, 1.807) is 11.8 Å². The van der Waals surface area contributed by atoms with Crippen LogP contribution in [0.3, 0.4) is 0 Å². The van der Waals surface area contributed by atoms with E-state index in [0.29, 0.717) is 0 Å². The first-order chi connectivity index (χ1) is 6.08.